The van der Waals surface area contributed by atoms with Crippen LogP contribution in [0.1, 0.15) is 71.5 Å². The molecule has 0 saturated carbocycles. The number of rotatable bonds is 6. The fourth-order valence-electron chi connectivity index (χ4n) is 5.75. The Hall–Kier alpha value is -3.16. The first-order valence-electron chi connectivity index (χ1n) is 12.4. The van der Waals surface area contributed by atoms with E-state index in [1.165, 1.54) is 0 Å². The molecule has 1 aliphatic heterocycles. The number of carbonyl (C=O) groups is 1. The molecule has 2 heterocycles. The maximum Gasteiger partial charge on any atom is 0.255 e. The third-order valence-corrected chi connectivity index (χ3v) is 7.74. The lowest BCUT2D eigenvalue weighted by atomic mass is 9.72. The zero-order valence-corrected chi connectivity index (χ0v) is 20.6. The van der Waals surface area contributed by atoms with Crippen LogP contribution in [0.3, 0.4) is 0 Å². The van der Waals surface area contributed by atoms with E-state index in [-0.39, 0.29) is 11.3 Å². The number of methoxy groups -OCH3 is 1. The van der Waals surface area contributed by atoms with Gasteiger partial charge in [-0.3, -0.25) is 14.8 Å². The number of amides is 1. The average Bonchev–Trinajstić information content (AvgIpc) is 3.43. The zero-order chi connectivity index (χ0) is 24.6. The van der Waals surface area contributed by atoms with Gasteiger partial charge in [0.15, 0.2) is 0 Å². The first-order chi connectivity index (χ1) is 16.9. The monoisotopic (exact) mass is 474 g/mol. The highest BCUT2D eigenvalue weighted by molar-refractivity contribution is 5.97. The summed E-state index contributed by atoms with van der Waals surface area (Å²) in [6, 6.07) is 17.0. The molecule has 2 aromatic carbocycles. The number of para-hydroxylation sites is 1. The minimum atomic E-state index is -0.694. The van der Waals surface area contributed by atoms with Crippen molar-refractivity contribution in [2.75, 3.05) is 20.2 Å². The Labute approximate surface area is 206 Å². The number of hydrogen-bond donors (Lipinski definition) is 3. The normalized spacial score (nSPS) is 21.3. The van der Waals surface area contributed by atoms with Crippen molar-refractivity contribution in [3.63, 3.8) is 0 Å². The molecule has 1 saturated heterocycles. The fraction of sp³-hybridized carbons (Fsp3) is 0.429. The number of benzene rings is 2. The van der Waals surface area contributed by atoms with E-state index in [4.69, 9.17) is 4.74 Å². The molecule has 1 aromatic heterocycles. The molecular weight excluding hydrogens is 440 g/mol. The maximum atomic E-state index is 13.2. The Morgan fingerprint density at radius 1 is 1.20 bits per heavy atom. The van der Waals surface area contributed by atoms with Gasteiger partial charge >= 0.3 is 0 Å². The molecule has 184 valence electrons. The number of nitrogens with one attached hydrogen (secondary N) is 2. The van der Waals surface area contributed by atoms with E-state index < -0.39 is 12.1 Å². The predicted molar refractivity (Wildman–Crippen MR) is 135 cm³/mol. The number of aliphatic hydroxyl groups is 1. The summed E-state index contributed by atoms with van der Waals surface area (Å²) >= 11 is 0. The summed E-state index contributed by atoms with van der Waals surface area (Å²) in [5, 5.41) is 22.4. The Kier molecular flexibility index (Phi) is 6.38. The second kappa shape index (κ2) is 9.47. The topological polar surface area (TPSA) is 90.5 Å². The molecule has 1 amide bonds. The SMILES string of the molecule is COc1ccccc1C(=O)N[C@@H]1c2ccccc2C2(CCN(Cc3cc(C(C)C)n[nH]3)CC2)[C@H]1O. The lowest BCUT2D eigenvalue weighted by Gasteiger charge is -2.42. The van der Waals surface area contributed by atoms with Crippen molar-refractivity contribution in [1.82, 2.24) is 20.4 Å². The first kappa shape index (κ1) is 23.6. The van der Waals surface area contributed by atoms with Crippen LogP contribution >= 0.6 is 0 Å². The number of hydrogen-bond acceptors (Lipinski definition) is 5. The van der Waals surface area contributed by atoms with Crippen LogP contribution in [0.25, 0.3) is 0 Å². The number of piperidine rings is 1. The van der Waals surface area contributed by atoms with Crippen molar-refractivity contribution in [1.29, 1.82) is 0 Å². The number of fused-ring (bicyclic) bond motifs is 2. The average molecular weight is 475 g/mol. The molecule has 0 unspecified atom stereocenters. The number of aromatic nitrogens is 2. The van der Waals surface area contributed by atoms with Crippen molar-refractivity contribution in [2.24, 2.45) is 0 Å². The number of ether oxygens (including phenoxy) is 1. The number of nitrogens with zero attached hydrogens (tertiary/aromatic N) is 2. The van der Waals surface area contributed by atoms with Crippen molar-refractivity contribution in [2.45, 2.75) is 56.7 Å². The second-order valence-corrected chi connectivity index (χ2v) is 10.1. The molecule has 5 rings (SSSR count). The van der Waals surface area contributed by atoms with Gasteiger partial charge in [0, 0.05) is 17.7 Å². The van der Waals surface area contributed by atoms with Crippen LogP contribution in [0.2, 0.25) is 0 Å². The maximum absolute atomic E-state index is 13.2. The molecule has 3 N–H and O–H groups in total. The van der Waals surface area contributed by atoms with E-state index in [0.29, 0.717) is 17.2 Å². The lowest BCUT2D eigenvalue weighted by Crippen LogP contribution is -2.49. The Morgan fingerprint density at radius 3 is 2.63 bits per heavy atom. The minimum absolute atomic E-state index is 0.240. The highest BCUT2D eigenvalue weighted by Gasteiger charge is 2.53. The summed E-state index contributed by atoms with van der Waals surface area (Å²) in [4.78, 5) is 15.6. The molecule has 35 heavy (non-hydrogen) atoms. The van der Waals surface area contributed by atoms with Gasteiger partial charge in [-0.15, -0.1) is 0 Å². The number of likely N-dealkylation sites (tertiary alicyclic amines) is 1. The number of carbonyl (C=O) groups excluding carboxylic acids is 1. The van der Waals surface area contributed by atoms with Gasteiger partial charge in [-0.1, -0.05) is 50.2 Å². The van der Waals surface area contributed by atoms with Crippen molar-refractivity contribution >= 4 is 5.91 Å². The quantitative estimate of drug-likeness (QED) is 0.504. The molecule has 0 radical (unpaired) electrons. The van der Waals surface area contributed by atoms with Crippen LogP contribution in [-0.4, -0.2) is 52.4 Å². The van der Waals surface area contributed by atoms with Gasteiger partial charge in [0.1, 0.15) is 5.75 Å². The molecule has 1 fully saturated rings. The van der Waals surface area contributed by atoms with Crippen LogP contribution in [0.4, 0.5) is 0 Å². The molecular formula is C28H34N4O3. The van der Waals surface area contributed by atoms with E-state index in [1.807, 2.05) is 30.3 Å². The zero-order valence-electron chi connectivity index (χ0n) is 20.6. The van der Waals surface area contributed by atoms with Gasteiger partial charge in [-0.2, -0.15) is 5.10 Å². The summed E-state index contributed by atoms with van der Waals surface area (Å²) in [7, 11) is 1.56. The molecule has 0 bridgehead atoms. The number of aliphatic hydroxyl groups excluding tert-OH is 1. The van der Waals surface area contributed by atoms with Crippen molar-refractivity contribution in [3.05, 3.63) is 82.7 Å². The van der Waals surface area contributed by atoms with Crippen LogP contribution in [0, 0.1) is 0 Å². The smallest absolute Gasteiger partial charge is 0.255 e. The van der Waals surface area contributed by atoms with Crippen LogP contribution < -0.4 is 10.1 Å². The van der Waals surface area contributed by atoms with Crippen LogP contribution in [0.15, 0.2) is 54.6 Å². The van der Waals surface area contributed by atoms with Crippen molar-refractivity contribution < 1.29 is 14.6 Å². The predicted octanol–water partition coefficient (Wildman–Crippen LogP) is 3.92. The van der Waals surface area contributed by atoms with Gasteiger partial charge in [-0.05, 0) is 61.2 Å². The van der Waals surface area contributed by atoms with E-state index in [1.54, 1.807) is 19.2 Å². The Balaban J connectivity index is 1.34. The van der Waals surface area contributed by atoms with E-state index in [2.05, 4.69) is 46.4 Å². The number of H-pyrrole nitrogens is 1. The van der Waals surface area contributed by atoms with Gasteiger partial charge in [0.25, 0.3) is 5.91 Å². The van der Waals surface area contributed by atoms with Gasteiger partial charge < -0.3 is 15.2 Å². The standard InChI is InChI=1S/C28H34N4O3/c1-18(2)23-16-19(30-31-23)17-32-14-12-28(13-15-32)22-10-6-4-8-20(22)25(26(28)33)29-27(34)21-9-5-7-11-24(21)35-3/h4-11,16,18,25-26,33H,12-15,17H2,1-3H3,(H,29,34)(H,30,31)/t25-,26+/m1/s1. The molecule has 2 aliphatic rings. The summed E-state index contributed by atoms with van der Waals surface area (Å²) in [6.45, 7) is 6.85. The third-order valence-electron chi connectivity index (χ3n) is 7.74. The molecule has 7 nitrogen and oxygen atoms in total. The van der Waals surface area contributed by atoms with Crippen LogP contribution in [0.5, 0.6) is 5.75 Å². The molecule has 3 aromatic rings. The lowest BCUT2D eigenvalue weighted by molar-refractivity contribution is 0.0190. The van der Waals surface area contributed by atoms with Gasteiger partial charge in [0.2, 0.25) is 0 Å². The second-order valence-electron chi connectivity index (χ2n) is 10.1. The van der Waals surface area contributed by atoms with Crippen molar-refractivity contribution in [3.8, 4) is 5.75 Å². The molecule has 1 aliphatic carbocycles. The van der Waals surface area contributed by atoms with E-state index >= 15 is 0 Å². The largest absolute Gasteiger partial charge is 0.496 e. The fourth-order valence-corrected chi connectivity index (χ4v) is 5.75. The molecule has 2 atom stereocenters. The Morgan fingerprint density at radius 2 is 1.91 bits per heavy atom. The number of aromatic amines is 1. The molecule has 7 heteroatoms. The van der Waals surface area contributed by atoms with Crippen LogP contribution in [-0.2, 0) is 12.0 Å². The minimum Gasteiger partial charge on any atom is -0.496 e. The summed E-state index contributed by atoms with van der Waals surface area (Å²) in [5.74, 6) is 0.682. The molecule has 1 spiro atoms. The summed E-state index contributed by atoms with van der Waals surface area (Å²) in [6.07, 6.45) is 0.967. The third kappa shape index (κ3) is 4.23. The van der Waals surface area contributed by atoms with Gasteiger partial charge in [0.05, 0.1) is 30.5 Å². The first-order valence-corrected chi connectivity index (χ1v) is 12.4. The highest BCUT2D eigenvalue weighted by atomic mass is 16.5. The summed E-state index contributed by atoms with van der Waals surface area (Å²) < 4.78 is 5.38. The van der Waals surface area contributed by atoms with E-state index in [9.17, 15) is 9.90 Å². The van der Waals surface area contributed by atoms with E-state index in [0.717, 1.165) is 55.0 Å². The highest BCUT2D eigenvalue weighted by Crippen LogP contribution is 2.51. The summed E-state index contributed by atoms with van der Waals surface area (Å²) in [5.41, 5.74) is 4.47. The Bertz CT molecular complexity index is 1200. The van der Waals surface area contributed by atoms with Gasteiger partial charge in [-0.25, -0.2) is 0 Å².